The summed E-state index contributed by atoms with van der Waals surface area (Å²) in [7, 11) is -3.47. The highest BCUT2D eigenvalue weighted by Crippen LogP contribution is 2.30. The fourth-order valence-corrected chi connectivity index (χ4v) is 5.85. The molecule has 1 aromatic rings. The van der Waals surface area contributed by atoms with Crippen LogP contribution in [0.25, 0.3) is 0 Å². The standard InChI is InChI=1S/C12H17BrN2O2S2/c1-2-10-8-15(5-6-18-10)19(16,17)12-7-9(14)3-4-11(12)13/h3-4,7,10H,2,5-6,8,14H2,1H3. The molecule has 2 rings (SSSR count). The minimum Gasteiger partial charge on any atom is -0.399 e. The van der Waals surface area contributed by atoms with Crippen molar-refractivity contribution in [2.24, 2.45) is 0 Å². The fraction of sp³-hybridized carbons (Fsp3) is 0.500. The normalized spacial score (nSPS) is 21.5. The van der Waals surface area contributed by atoms with Crippen LogP contribution in [-0.4, -0.2) is 36.8 Å². The lowest BCUT2D eigenvalue weighted by atomic mass is 10.3. The Morgan fingerprint density at radius 2 is 2.26 bits per heavy atom. The summed E-state index contributed by atoms with van der Waals surface area (Å²) in [5.41, 5.74) is 6.16. The van der Waals surface area contributed by atoms with Crippen LogP contribution >= 0.6 is 27.7 Å². The maximum absolute atomic E-state index is 12.7. The van der Waals surface area contributed by atoms with E-state index < -0.39 is 10.0 Å². The Balaban J connectivity index is 2.34. The number of sulfonamides is 1. The van der Waals surface area contributed by atoms with E-state index in [-0.39, 0.29) is 4.90 Å². The van der Waals surface area contributed by atoms with E-state index in [0.717, 1.165) is 12.2 Å². The minimum absolute atomic E-state index is 0.259. The van der Waals surface area contributed by atoms with Crippen molar-refractivity contribution in [3.63, 3.8) is 0 Å². The number of halogens is 1. The molecule has 1 unspecified atom stereocenters. The van der Waals surface area contributed by atoms with E-state index in [2.05, 4.69) is 22.9 Å². The first kappa shape index (κ1) is 15.2. The van der Waals surface area contributed by atoms with Gasteiger partial charge in [0.1, 0.15) is 0 Å². The van der Waals surface area contributed by atoms with Gasteiger partial charge >= 0.3 is 0 Å². The maximum Gasteiger partial charge on any atom is 0.244 e. The predicted octanol–water partition coefficient (Wildman–Crippen LogP) is 2.55. The molecule has 2 N–H and O–H groups in total. The van der Waals surface area contributed by atoms with E-state index in [1.807, 2.05) is 11.8 Å². The highest BCUT2D eigenvalue weighted by Gasteiger charge is 2.31. The summed E-state index contributed by atoms with van der Waals surface area (Å²) in [4.78, 5) is 0.259. The van der Waals surface area contributed by atoms with Gasteiger partial charge in [0.15, 0.2) is 0 Å². The zero-order chi connectivity index (χ0) is 14.0. The monoisotopic (exact) mass is 364 g/mol. The van der Waals surface area contributed by atoms with Gasteiger partial charge in [-0.1, -0.05) is 6.92 Å². The molecule has 0 spiro atoms. The third-order valence-electron chi connectivity index (χ3n) is 3.13. The van der Waals surface area contributed by atoms with Crippen LogP contribution in [0.1, 0.15) is 13.3 Å². The zero-order valence-electron chi connectivity index (χ0n) is 10.7. The maximum atomic E-state index is 12.7. The number of thioether (sulfide) groups is 1. The number of nitrogen functional groups attached to an aromatic ring is 1. The van der Waals surface area contributed by atoms with E-state index in [4.69, 9.17) is 5.73 Å². The van der Waals surface area contributed by atoms with Crippen LogP contribution in [0.5, 0.6) is 0 Å². The Hall–Kier alpha value is -0.240. The summed E-state index contributed by atoms with van der Waals surface area (Å²) in [6.07, 6.45) is 0.981. The summed E-state index contributed by atoms with van der Waals surface area (Å²) in [6, 6.07) is 4.88. The topological polar surface area (TPSA) is 63.4 Å². The van der Waals surface area contributed by atoms with Crippen molar-refractivity contribution in [1.29, 1.82) is 0 Å². The van der Waals surface area contributed by atoms with Gasteiger partial charge in [-0.05, 0) is 40.5 Å². The van der Waals surface area contributed by atoms with E-state index >= 15 is 0 Å². The number of nitrogens with zero attached hydrogens (tertiary/aromatic N) is 1. The number of benzene rings is 1. The molecular weight excluding hydrogens is 348 g/mol. The van der Waals surface area contributed by atoms with Crippen molar-refractivity contribution in [2.45, 2.75) is 23.5 Å². The highest BCUT2D eigenvalue weighted by atomic mass is 79.9. The quantitative estimate of drug-likeness (QED) is 0.837. The Morgan fingerprint density at radius 3 is 2.95 bits per heavy atom. The van der Waals surface area contributed by atoms with Crippen LogP contribution in [0.15, 0.2) is 27.6 Å². The molecule has 1 aromatic carbocycles. The van der Waals surface area contributed by atoms with Gasteiger partial charge in [0.2, 0.25) is 10.0 Å². The van der Waals surface area contributed by atoms with Crippen LogP contribution in [0.4, 0.5) is 5.69 Å². The number of nitrogens with two attached hydrogens (primary N) is 1. The van der Waals surface area contributed by atoms with Crippen LogP contribution < -0.4 is 5.73 Å². The molecule has 1 heterocycles. The number of hydrogen-bond acceptors (Lipinski definition) is 4. The SMILES string of the molecule is CCC1CN(S(=O)(=O)c2cc(N)ccc2Br)CCS1. The van der Waals surface area contributed by atoms with Crippen molar-refractivity contribution < 1.29 is 8.42 Å². The molecule has 0 bridgehead atoms. The Morgan fingerprint density at radius 1 is 1.53 bits per heavy atom. The molecule has 1 aliphatic rings. The molecule has 0 aromatic heterocycles. The lowest BCUT2D eigenvalue weighted by Crippen LogP contribution is -2.41. The van der Waals surface area contributed by atoms with E-state index in [1.165, 1.54) is 6.07 Å². The third kappa shape index (κ3) is 3.26. The van der Waals surface area contributed by atoms with Crippen molar-refractivity contribution >= 4 is 43.4 Å². The molecular formula is C12H17BrN2O2S2. The summed E-state index contributed by atoms with van der Waals surface area (Å²) in [6.45, 7) is 3.22. The van der Waals surface area contributed by atoms with Crippen molar-refractivity contribution in [3.05, 3.63) is 22.7 Å². The zero-order valence-corrected chi connectivity index (χ0v) is 13.9. The minimum atomic E-state index is -3.47. The molecule has 0 saturated carbocycles. The van der Waals surface area contributed by atoms with Gasteiger partial charge < -0.3 is 5.73 Å². The lowest BCUT2D eigenvalue weighted by molar-refractivity contribution is 0.415. The molecule has 106 valence electrons. The number of hydrogen-bond donors (Lipinski definition) is 1. The molecule has 0 aliphatic carbocycles. The molecule has 1 atom stereocenters. The second-order valence-corrected chi connectivity index (χ2v) is 8.62. The van der Waals surface area contributed by atoms with E-state index in [9.17, 15) is 8.42 Å². The fourth-order valence-electron chi connectivity index (χ4n) is 2.01. The summed E-state index contributed by atoms with van der Waals surface area (Å²) in [5, 5.41) is 0.378. The van der Waals surface area contributed by atoms with Gasteiger partial charge in [-0.2, -0.15) is 16.1 Å². The van der Waals surface area contributed by atoms with Gasteiger partial charge in [-0.3, -0.25) is 0 Å². The molecule has 0 amide bonds. The van der Waals surface area contributed by atoms with Crippen LogP contribution in [0, 0.1) is 0 Å². The van der Waals surface area contributed by atoms with Gasteiger partial charge in [-0.25, -0.2) is 8.42 Å². The molecule has 1 fully saturated rings. The second-order valence-electron chi connectivity index (χ2n) is 4.45. The first-order valence-corrected chi connectivity index (χ1v) is 9.40. The molecule has 0 radical (unpaired) electrons. The first-order chi connectivity index (χ1) is 8.95. The van der Waals surface area contributed by atoms with Gasteiger partial charge in [-0.15, -0.1) is 0 Å². The van der Waals surface area contributed by atoms with E-state index in [0.29, 0.717) is 28.5 Å². The van der Waals surface area contributed by atoms with Crippen molar-refractivity contribution in [1.82, 2.24) is 4.31 Å². The summed E-state index contributed by atoms with van der Waals surface area (Å²) >= 11 is 5.14. The van der Waals surface area contributed by atoms with Crippen molar-refractivity contribution in [2.75, 3.05) is 24.6 Å². The molecule has 1 aliphatic heterocycles. The smallest absolute Gasteiger partial charge is 0.244 e. The summed E-state index contributed by atoms with van der Waals surface area (Å²) in [5.74, 6) is 0.845. The molecule has 4 nitrogen and oxygen atoms in total. The Bertz CT molecular complexity index is 563. The number of rotatable bonds is 3. The predicted molar refractivity (Wildman–Crippen MR) is 83.9 cm³/mol. The largest absolute Gasteiger partial charge is 0.399 e. The average Bonchev–Trinajstić information content (AvgIpc) is 2.41. The van der Waals surface area contributed by atoms with Gasteiger partial charge in [0, 0.05) is 34.3 Å². The van der Waals surface area contributed by atoms with Gasteiger partial charge in [0.25, 0.3) is 0 Å². The molecule has 1 saturated heterocycles. The first-order valence-electron chi connectivity index (χ1n) is 6.12. The Labute approximate surface area is 126 Å². The van der Waals surface area contributed by atoms with Crippen molar-refractivity contribution in [3.8, 4) is 0 Å². The van der Waals surface area contributed by atoms with E-state index in [1.54, 1.807) is 16.4 Å². The second kappa shape index (κ2) is 6.03. The Kier molecular flexibility index (Phi) is 4.81. The molecule has 7 heteroatoms. The van der Waals surface area contributed by atoms with Crippen LogP contribution in [-0.2, 0) is 10.0 Å². The average molecular weight is 365 g/mol. The van der Waals surface area contributed by atoms with Gasteiger partial charge in [0.05, 0.1) is 4.90 Å². The van der Waals surface area contributed by atoms with Crippen LogP contribution in [0.2, 0.25) is 0 Å². The molecule has 19 heavy (non-hydrogen) atoms. The summed E-state index contributed by atoms with van der Waals surface area (Å²) < 4.78 is 27.4. The lowest BCUT2D eigenvalue weighted by Gasteiger charge is -2.31. The highest BCUT2D eigenvalue weighted by molar-refractivity contribution is 9.10. The third-order valence-corrected chi connectivity index (χ3v) is 7.36. The number of anilines is 1. The van der Waals surface area contributed by atoms with Crippen LogP contribution in [0.3, 0.4) is 0 Å².